The van der Waals surface area contributed by atoms with Crippen LogP contribution in [0.1, 0.15) is 49.2 Å². The van der Waals surface area contributed by atoms with E-state index < -0.39 is 11.8 Å². The molecule has 30 heavy (non-hydrogen) atoms. The number of rotatable bonds is 5. The largest absolute Gasteiger partial charge is 0.454 e. The van der Waals surface area contributed by atoms with E-state index in [0.29, 0.717) is 22.8 Å². The van der Waals surface area contributed by atoms with Crippen LogP contribution in [0.4, 0.5) is 0 Å². The summed E-state index contributed by atoms with van der Waals surface area (Å²) < 4.78 is 10.6. The summed E-state index contributed by atoms with van der Waals surface area (Å²) in [6.45, 7) is 7.89. The summed E-state index contributed by atoms with van der Waals surface area (Å²) in [4.78, 5) is 29.1. The Morgan fingerprint density at radius 2 is 1.67 bits per heavy atom. The van der Waals surface area contributed by atoms with Crippen molar-refractivity contribution in [2.24, 2.45) is 5.16 Å². The molecular formula is C22H25N3O5. The monoisotopic (exact) mass is 411 g/mol. The first-order valence-corrected chi connectivity index (χ1v) is 9.50. The minimum absolute atomic E-state index is 0.000189. The maximum absolute atomic E-state index is 12.2. The molecule has 0 saturated carbocycles. The van der Waals surface area contributed by atoms with Crippen LogP contribution in [-0.4, -0.2) is 30.9 Å². The lowest BCUT2D eigenvalue weighted by molar-refractivity contribution is -0.126. The van der Waals surface area contributed by atoms with Crippen LogP contribution in [0.2, 0.25) is 0 Å². The van der Waals surface area contributed by atoms with Gasteiger partial charge in [-0.3, -0.25) is 20.4 Å². The minimum Gasteiger partial charge on any atom is -0.454 e. The van der Waals surface area contributed by atoms with E-state index in [1.165, 1.54) is 0 Å². The number of ether oxygens (including phenoxy) is 2. The Morgan fingerprint density at radius 3 is 2.37 bits per heavy atom. The molecule has 2 aromatic rings. The predicted molar refractivity (Wildman–Crippen MR) is 111 cm³/mol. The molecule has 0 atom stereocenters. The highest BCUT2D eigenvalue weighted by atomic mass is 16.7. The van der Waals surface area contributed by atoms with E-state index in [2.05, 4.69) is 36.8 Å². The van der Waals surface area contributed by atoms with Crippen LogP contribution >= 0.6 is 0 Å². The van der Waals surface area contributed by atoms with Crippen molar-refractivity contribution in [2.75, 3.05) is 13.4 Å². The Kier molecular flexibility index (Phi) is 6.25. The van der Waals surface area contributed by atoms with Gasteiger partial charge in [-0.2, -0.15) is 0 Å². The van der Waals surface area contributed by atoms with Crippen molar-refractivity contribution in [2.45, 2.75) is 33.1 Å². The lowest BCUT2D eigenvalue weighted by Gasteiger charge is -2.19. The first kappa shape index (κ1) is 21.2. The van der Waals surface area contributed by atoms with E-state index in [1.54, 1.807) is 31.2 Å². The maximum Gasteiger partial charge on any atom is 0.279 e. The molecular weight excluding hydrogens is 386 g/mol. The van der Waals surface area contributed by atoms with Crippen LogP contribution in [0.3, 0.4) is 0 Å². The zero-order valence-electron chi connectivity index (χ0n) is 17.4. The fourth-order valence-corrected chi connectivity index (χ4v) is 2.72. The molecule has 0 aliphatic carbocycles. The van der Waals surface area contributed by atoms with Gasteiger partial charge in [0.15, 0.2) is 18.1 Å². The van der Waals surface area contributed by atoms with E-state index in [4.69, 9.17) is 14.3 Å². The summed E-state index contributed by atoms with van der Waals surface area (Å²) in [5.74, 6) is 0.370. The molecule has 3 rings (SSSR count). The Hall–Kier alpha value is -3.55. The Labute approximate surface area is 175 Å². The van der Waals surface area contributed by atoms with Crippen molar-refractivity contribution in [3.05, 3.63) is 59.2 Å². The average Bonchev–Trinajstić information content (AvgIpc) is 3.19. The highest BCUT2D eigenvalue weighted by Crippen LogP contribution is 2.32. The third kappa shape index (κ3) is 5.28. The molecule has 0 radical (unpaired) electrons. The van der Waals surface area contributed by atoms with Gasteiger partial charge in [0.25, 0.3) is 11.8 Å². The van der Waals surface area contributed by atoms with Crippen LogP contribution in [0.25, 0.3) is 0 Å². The summed E-state index contributed by atoms with van der Waals surface area (Å²) in [5, 5.41) is 3.92. The van der Waals surface area contributed by atoms with Crippen molar-refractivity contribution in [3.63, 3.8) is 0 Å². The number of hydrogen-bond acceptors (Lipinski definition) is 6. The fourth-order valence-electron chi connectivity index (χ4n) is 2.72. The fraction of sp³-hybridized carbons (Fsp3) is 0.318. The van der Waals surface area contributed by atoms with Gasteiger partial charge < -0.3 is 14.3 Å². The van der Waals surface area contributed by atoms with E-state index >= 15 is 0 Å². The number of nitrogens with zero attached hydrogens (tertiary/aromatic N) is 1. The van der Waals surface area contributed by atoms with Crippen molar-refractivity contribution in [1.82, 2.24) is 10.9 Å². The molecule has 0 fully saturated rings. The molecule has 2 N–H and O–H groups in total. The molecule has 0 saturated heterocycles. The molecule has 2 amide bonds. The van der Waals surface area contributed by atoms with Gasteiger partial charge in [0.1, 0.15) is 0 Å². The number of nitrogens with one attached hydrogen (secondary N) is 2. The first-order valence-electron chi connectivity index (χ1n) is 9.50. The maximum atomic E-state index is 12.2. The number of hydrogen-bond donors (Lipinski definition) is 2. The standard InChI is InChI=1S/C22H25N3O5/c1-14(16-7-10-18-19(11-16)29-13-28-18)25-30-12-20(26)23-24-21(27)15-5-8-17(9-6-15)22(2,3)4/h5-11H,12-13H2,1-4H3,(H,23,26)(H,24,27)/b25-14-. The summed E-state index contributed by atoms with van der Waals surface area (Å²) in [6, 6.07) is 12.6. The molecule has 8 nitrogen and oxygen atoms in total. The molecule has 158 valence electrons. The second kappa shape index (κ2) is 8.86. The highest BCUT2D eigenvalue weighted by molar-refractivity contribution is 5.99. The van der Waals surface area contributed by atoms with E-state index in [1.807, 2.05) is 18.2 Å². The molecule has 1 heterocycles. The van der Waals surface area contributed by atoms with Gasteiger partial charge >= 0.3 is 0 Å². The van der Waals surface area contributed by atoms with Crippen LogP contribution in [-0.2, 0) is 15.0 Å². The number of fused-ring (bicyclic) bond motifs is 1. The summed E-state index contributed by atoms with van der Waals surface area (Å²) in [7, 11) is 0. The molecule has 0 bridgehead atoms. The second-order valence-corrected chi connectivity index (χ2v) is 7.85. The molecule has 1 aliphatic heterocycles. The number of amides is 2. The van der Waals surface area contributed by atoms with Crippen LogP contribution in [0.5, 0.6) is 11.5 Å². The van der Waals surface area contributed by atoms with Gasteiger partial charge in [0.2, 0.25) is 6.79 Å². The van der Waals surface area contributed by atoms with Crippen molar-refractivity contribution in [1.29, 1.82) is 0 Å². The van der Waals surface area contributed by atoms with Crippen molar-refractivity contribution in [3.8, 4) is 11.5 Å². The first-order chi connectivity index (χ1) is 14.2. The van der Waals surface area contributed by atoms with Crippen LogP contribution < -0.4 is 20.3 Å². The lowest BCUT2D eigenvalue weighted by atomic mass is 9.87. The van der Waals surface area contributed by atoms with Crippen molar-refractivity contribution >= 4 is 17.5 Å². The van der Waals surface area contributed by atoms with Gasteiger partial charge in [-0.25, -0.2) is 0 Å². The molecule has 8 heteroatoms. The molecule has 2 aromatic carbocycles. The average molecular weight is 411 g/mol. The van der Waals surface area contributed by atoms with Crippen LogP contribution in [0.15, 0.2) is 47.6 Å². The van der Waals surface area contributed by atoms with Gasteiger partial charge in [-0.15, -0.1) is 0 Å². The molecule has 0 aromatic heterocycles. The highest BCUT2D eigenvalue weighted by Gasteiger charge is 2.15. The van der Waals surface area contributed by atoms with Gasteiger partial charge in [-0.05, 0) is 48.2 Å². The molecule has 1 aliphatic rings. The Morgan fingerprint density at radius 1 is 1.00 bits per heavy atom. The van der Waals surface area contributed by atoms with E-state index in [-0.39, 0.29) is 18.8 Å². The van der Waals surface area contributed by atoms with Gasteiger partial charge in [0.05, 0.1) is 5.71 Å². The van der Waals surface area contributed by atoms with Crippen LogP contribution in [0, 0.1) is 0 Å². The quantitative estimate of drug-likeness (QED) is 0.582. The topological polar surface area (TPSA) is 98.2 Å². The predicted octanol–water partition coefficient (Wildman–Crippen LogP) is 2.91. The van der Waals surface area contributed by atoms with Gasteiger partial charge in [0, 0.05) is 11.1 Å². The number of carbonyl (C=O) groups excluding carboxylic acids is 2. The summed E-state index contributed by atoms with van der Waals surface area (Å²) in [5.41, 5.74) is 7.58. The Bertz CT molecular complexity index is 962. The smallest absolute Gasteiger partial charge is 0.279 e. The minimum atomic E-state index is -0.531. The zero-order valence-corrected chi connectivity index (χ0v) is 17.4. The molecule has 0 spiro atoms. The Balaban J connectivity index is 1.45. The lowest BCUT2D eigenvalue weighted by Crippen LogP contribution is -2.43. The normalized spacial score (nSPS) is 13.0. The number of benzene rings is 2. The summed E-state index contributed by atoms with van der Waals surface area (Å²) in [6.07, 6.45) is 0. The second-order valence-electron chi connectivity index (χ2n) is 7.85. The number of hydrazine groups is 1. The third-order valence-corrected chi connectivity index (χ3v) is 4.52. The third-order valence-electron chi connectivity index (χ3n) is 4.52. The number of carbonyl (C=O) groups is 2. The summed E-state index contributed by atoms with van der Waals surface area (Å²) >= 11 is 0. The SMILES string of the molecule is C/C(=N/OCC(=O)NNC(=O)c1ccc(C(C)(C)C)cc1)c1ccc2c(c1)OCO2. The van der Waals surface area contributed by atoms with Gasteiger partial charge in [-0.1, -0.05) is 38.1 Å². The number of oxime groups is 1. The molecule has 0 unspecified atom stereocenters. The van der Waals surface area contributed by atoms with E-state index in [0.717, 1.165) is 11.1 Å². The zero-order chi connectivity index (χ0) is 21.7. The van der Waals surface area contributed by atoms with E-state index in [9.17, 15) is 9.59 Å². The van der Waals surface area contributed by atoms with Crippen molar-refractivity contribution < 1.29 is 23.9 Å².